The number of aliphatic hydroxyl groups excluding tert-OH is 1. The number of nitrogens with one attached hydrogen (secondary N) is 1. The van der Waals surface area contributed by atoms with E-state index in [4.69, 9.17) is 5.11 Å². The lowest BCUT2D eigenvalue weighted by molar-refractivity contribution is 0.176. The van der Waals surface area contributed by atoms with E-state index in [0.29, 0.717) is 6.04 Å². The van der Waals surface area contributed by atoms with Crippen molar-refractivity contribution in [2.24, 2.45) is 0 Å². The maximum absolute atomic E-state index is 8.71. The molecule has 0 aromatic carbocycles. The maximum atomic E-state index is 8.71. The molecule has 1 unspecified atom stereocenters. The molecule has 2 aliphatic rings. The summed E-state index contributed by atoms with van der Waals surface area (Å²) in [4.78, 5) is 2.61. The van der Waals surface area contributed by atoms with Crippen LogP contribution < -0.4 is 5.32 Å². The van der Waals surface area contributed by atoms with E-state index in [1.54, 1.807) is 0 Å². The standard InChI is InChI=1S/C10H20N2O/c13-7-5-11-9-2-1-6-12(8-9)10-3-4-10/h9-11,13H,1-8H2. The summed E-state index contributed by atoms with van der Waals surface area (Å²) in [6.07, 6.45) is 5.42. The van der Waals surface area contributed by atoms with Crippen molar-refractivity contribution < 1.29 is 5.11 Å². The summed E-state index contributed by atoms with van der Waals surface area (Å²) >= 11 is 0. The predicted octanol–water partition coefficient (Wildman–Crippen LogP) is 0.195. The lowest BCUT2D eigenvalue weighted by atomic mass is 10.1. The van der Waals surface area contributed by atoms with Crippen molar-refractivity contribution >= 4 is 0 Å². The first kappa shape index (κ1) is 9.44. The van der Waals surface area contributed by atoms with E-state index in [1.165, 1.54) is 38.8 Å². The highest BCUT2D eigenvalue weighted by Crippen LogP contribution is 2.29. The Bertz CT molecular complexity index is 159. The summed E-state index contributed by atoms with van der Waals surface area (Å²) in [5.74, 6) is 0. The second-order valence-electron chi connectivity index (χ2n) is 4.24. The second kappa shape index (κ2) is 4.40. The number of rotatable bonds is 4. The fourth-order valence-corrected chi connectivity index (χ4v) is 2.21. The minimum absolute atomic E-state index is 0.264. The summed E-state index contributed by atoms with van der Waals surface area (Å²) in [6, 6.07) is 1.53. The van der Waals surface area contributed by atoms with Gasteiger partial charge in [0.15, 0.2) is 0 Å². The molecule has 3 nitrogen and oxygen atoms in total. The molecule has 0 aromatic heterocycles. The number of hydrogen-bond donors (Lipinski definition) is 2. The first-order valence-electron chi connectivity index (χ1n) is 5.48. The molecule has 0 amide bonds. The van der Waals surface area contributed by atoms with Crippen LogP contribution in [0.25, 0.3) is 0 Å². The highest BCUT2D eigenvalue weighted by atomic mass is 16.3. The molecule has 1 heterocycles. The monoisotopic (exact) mass is 184 g/mol. The fraction of sp³-hybridized carbons (Fsp3) is 1.00. The molecular formula is C10H20N2O. The summed E-state index contributed by atoms with van der Waals surface area (Å²) in [5, 5.41) is 12.1. The Labute approximate surface area is 80.1 Å². The Kier molecular flexibility index (Phi) is 3.19. The van der Waals surface area contributed by atoms with E-state index in [-0.39, 0.29) is 6.61 Å². The van der Waals surface area contributed by atoms with Crippen LogP contribution in [-0.4, -0.2) is 48.3 Å². The van der Waals surface area contributed by atoms with Gasteiger partial charge in [-0.3, -0.25) is 4.90 Å². The fourth-order valence-electron chi connectivity index (χ4n) is 2.21. The summed E-state index contributed by atoms with van der Waals surface area (Å²) in [7, 11) is 0. The second-order valence-corrected chi connectivity index (χ2v) is 4.24. The lowest BCUT2D eigenvalue weighted by Crippen LogP contribution is -2.47. The third-order valence-electron chi connectivity index (χ3n) is 3.06. The van der Waals surface area contributed by atoms with E-state index in [9.17, 15) is 0 Å². The minimum atomic E-state index is 0.264. The topological polar surface area (TPSA) is 35.5 Å². The van der Waals surface area contributed by atoms with Crippen molar-refractivity contribution in [2.45, 2.75) is 37.8 Å². The van der Waals surface area contributed by atoms with E-state index >= 15 is 0 Å². The number of likely N-dealkylation sites (tertiary alicyclic amines) is 1. The van der Waals surface area contributed by atoms with Gasteiger partial charge in [-0.2, -0.15) is 0 Å². The maximum Gasteiger partial charge on any atom is 0.0556 e. The van der Waals surface area contributed by atoms with Crippen LogP contribution in [0, 0.1) is 0 Å². The molecule has 0 aromatic rings. The molecule has 0 spiro atoms. The smallest absolute Gasteiger partial charge is 0.0556 e. The number of nitrogens with zero attached hydrogens (tertiary/aromatic N) is 1. The van der Waals surface area contributed by atoms with Crippen molar-refractivity contribution in [3.63, 3.8) is 0 Å². The zero-order valence-corrected chi connectivity index (χ0v) is 8.21. The minimum Gasteiger partial charge on any atom is -0.395 e. The van der Waals surface area contributed by atoms with Crippen LogP contribution in [0.4, 0.5) is 0 Å². The molecule has 0 bridgehead atoms. The van der Waals surface area contributed by atoms with Gasteiger partial charge < -0.3 is 10.4 Å². The van der Waals surface area contributed by atoms with E-state index in [1.807, 2.05) is 0 Å². The van der Waals surface area contributed by atoms with E-state index in [2.05, 4.69) is 10.2 Å². The highest BCUT2D eigenvalue weighted by molar-refractivity contribution is 4.89. The zero-order chi connectivity index (χ0) is 9.10. The molecule has 2 fully saturated rings. The average Bonchev–Trinajstić information content (AvgIpc) is 2.98. The first-order chi connectivity index (χ1) is 6.40. The summed E-state index contributed by atoms with van der Waals surface area (Å²) < 4.78 is 0. The van der Waals surface area contributed by atoms with Gasteiger partial charge in [-0.15, -0.1) is 0 Å². The van der Waals surface area contributed by atoms with Gasteiger partial charge in [-0.25, -0.2) is 0 Å². The van der Waals surface area contributed by atoms with Gasteiger partial charge in [0, 0.05) is 25.2 Å². The van der Waals surface area contributed by atoms with Crippen molar-refractivity contribution in [3.8, 4) is 0 Å². The Hall–Kier alpha value is -0.120. The lowest BCUT2D eigenvalue weighted by Gasteiger charge is -2.33. The molecule has 1 saturated carbocycles. The van der Waals surface area contributed by atoms with Crippen LogP contribution in [0.1, 0.15) is 25.7 Å². The molecule has 1 aliphatic heterocycles. The first-order valence-corrected chi connectivity index (χ1v) is 5.48. The highest BCUT2D eigenvalue weighted by Gasteiger charge is 2.32. The molecular weight excluding hydrogens is 164 g/mol. The number of aliphatic hydroxyl groups is 1. The normalized spacial score (nSPS) is 30.7. The number of hydrogen-bond acceptors (Lipinski definition) is 3. The molecule has 2 rings (SSSR count). The Morgan fingerprint density at radius 2 is 2.15 bits per heavy atom. The molecule has 13 heavy (non-hydrogen) atoms. The van der Waals surface area contributed by atoms with Crippen molar-refractivity contribution in [1.29, 1.82) is 0 Å². The zero-order valence-electron chi connectivity index (χ0n) is 8.21. The molecule has 0 radical (unpaired) electrons. The van der Waals surface area contributed by atoms with Crippen LogP contribution in [0.5, 0.6) is 0 Å². The largest absolute Gasteiger partial charge is 0.395 e. The van der Waals surface area contributed by atoms with Crippen LogP contribution in [0.2, 0.25) is 0 Å². The average molecular weight is 184 g/mol. The molecule has 1 aliphatic carbocycles. The predicted molar refractivity (Wildman–Crippen MR) is 52.7 cm³/mol. The Morgan fingerprint density at radius 1 is 1.31 bits per heavy atom. The van der Waals surface area contributed by atoms with Crippen LogP contribution >= 0.6 is 0 Å². The third kappa shape index (κ3) is 2.66. The van der Waals surface area contributed by atoms with Crippen LogP contribution in [-0.2, 0) is 0 Å². The Balaban J connectivity index is 1.71. The van der Waals surface area contributed by atoms with Gasteiger partial charge in [-0.1, -0.05) is 0 Å². The van der Waals surface area contributed by atoms with Gasteiger partial charge in [-0.05, 0) is 32.2 Å². The third-order valence-corrected chi connectivity index (χ3v) is 3.06. The van der Waals surface area contributed by atoms with E-state index < -0.39 is 0 Å². The quantitative estimate of drug-likeness (QED) is 0.655. The molecule has 1 atom stereocenters. The van der Waals surface area contributed by atoms with Gasteiger partial charge in [0.05, 0.1) is 6.61 Å². The number of piperidine rings is 1. The van der Waals surface area contributed by atoms with Crippen molar-refractivity contribution in [1.82, 2.24) is 10.2 Å². The SMILES string of the molecule is OCCNC1CCCN(C2CC2)C1. The van der Waals surface area contributed by atoms with Crippen molar-refractivity contribution in [3.05, 3.63) is 0 Å². The molecule has 3 heteroatoms. The van der Waals surface area contributed by atoms with Crippen LogP contribution in [0.15, 0.2) is 0 Å². The van der Waals surface area contributed by atoms with Gasteiger partial charge >= 0.3 is 0 Å². The summed E-state index contributed by atoms with van der Waals surface area (Å²) in [5.41, 5.74) is 0. The molecule has 76 valence electrons. The Morgan fingerprint density at radius 3 is 2.85 bits per heavy atom. The molecule has 1 saturated heterocycles. The van der Waals surface area contributed by atoms with Gasteiger partial charge in [0.2, 0.25) is 0 Å². The van der Waals surface area contributed by atoms with E-state index in [0.717, 1.165) is 12.6 Å². The summed E-state index contributed by atoms with van der Waals surface area (Å²) in [6.45, 7) is 3.51. The van der Waals surface area contributed by atoms with Crippen molar-refractivity contribution in [2.75, 3.05) is 26.2 Å². The van der Waals surface area contributed by atoms with Gasteiger partial charge in [0.25, 0.3) is 0 Å². The van der Waals surface area contributed by atoms with Gasteiger partial charge in [0.1, 0.15) is 0 Å². The van der Waals surface area contributed by atoms with Crippen LogP contribution in [0.3, 0.4) is 0 Å². The molecule has 2 N–H and O–H groups in total.